The van der Waals surface area contributed by atoms with Crippen molar-refractivity contribution in [2.75, 3.05) is 16.3 Å². The summed E-state index contributed by atoms with van der Waals surface area (Å²) < 4.78 is 33.3. The maximum Gasteiger partial charge on any atom is 0.322 e. The summed E-state index contributed by atoms with van der Waals surface area (Å²) in [5.74, 6) is -0.236. The number of thioether (sulfide) groups is 1. The second-order valence-corrected chi connectivity index (χ2v) is 9.66. The Hall–Kier alpha value is -3.63. The first kappa shape index (κ1) is 22.6. The molecule has 10 heteroatoms. The van der Waals surface area contributed by atoms with Crippen molar-refractivity contribution >= 4 is 39.4 Å². The van der Waals surface area contributed by atoms with E-state index >= 15 is 0 Å². The molecule has 1 aromatic heterocycles. The SMILES string of the molecule is CSc1cccc(-c2nnc(NC(=O)c3cccc(NS(=O)(=O)c4ccc(C)cc4)c3)o2)c1. The lowest BCUT2D eigenvalue weighted by Gasteiger charge is -2.09. The number of hydrogen-bond acceptors (Lipinski definition) is 7. The number of nitrogens with zero attached hydrogens (tertiary/aromatic N) is 2. The lowest BCUT2D eigenvalue weighted by atomic mass is 10.2. The number of sulfonamides is 1. The molecule has 168 valence electrons. The molecule has 0 unspecified atom stereocenters. The summed E-state index contributed by atoms with van der Waals surface area (Å²) in [7, 11) is -3.79. The highest BCUT2D eigenvalue weighted by molar-refractivity contribution is 7.98. The van der Waals surface area contributed by atoms with Gasteiger partial charge in [0.2, 0.25) is 5.89 Å². The van der Waals surface area contributed by atoms with Crippen LogP contribution in [0.3, 0.4) is 0 Å². The molecule has 1 heterocycles. The number of aryl methyl sites for hydroxylation is 1. The normalized spacial score (nSPS) is 11.2. The zero-order valence-corrected chi connectivity index (χ0v) is 19.4. The van der Waals surface area contributed by atoms with Crippen LogP contribution in [0.15, 0.2) is 87.0 Å². The molecule has 0 aliphatic carbocycles. The fourth-order valence-electron chi connectivity index (χ4n) is 2.97. The molecule has 1 amide bonds. The molecule has 0 aliphatic rings. The van der Waals surface area contributed by atoms with Crippen molar-refractivity contribution in [3.63, 3.8) is 0 Å². The van der Waals surface area contributed by atoms with Crippen molar-refractivity contribution in [3.05, 3.63) is 83.9 Å². The molecule has 0 radical (unpaired) electrons. The summed E-state index contributed by atoms with van der Waals surface area (Å²) in [6, 6.07) is 20.1. The van der Waals surface area contributed by atoms with E-state index in [9.17, 15) is 13.2 Å². The van der Waals surface area contributed by atoms with Crippen molar-refractivity contribution in [2.45, 2.75) is 16.7 Å². The van der Waals surface area contributed by atoms with Crippen LogP contribution in [0.5, 0.6) is 0 Å². The van der Waals surface area contributed by atoms with Crippen molar-refractivity contribution in [1.82, 2.24) is 10.2 Å². The van der Waals surface area contributed by atoms with Gasteiger partial charge in [-0.05, 0) is 61.7 Å². The summed E-state index contributed by atoms with van der Waals surface area (Å²) in [6.45, 7) is 1.87. The topological polar surface area (TPSA) is 114 Å². The molecule has 4 rings (SSSR count). The predicted molar refractivity (Wildman–Crippen MR) is 128 cm³/mol. The summed E-state index contributed by atoms with van der Waals surface area (Å²) >= 11 is 1.59. The third-order valence-electron chi connectivity index (χ3n) is 4.67. The van der Waals surface area contributed by atoms with Gasteiger partial charge in [0.25, 0.3) is 15.9 Å². The molecule has 0 bridgehead atoms. The Kier molecular flexibility index (Phi) is 6.47. The van der Waals surface area contributed by atoms with Gasteiger partial charge < -0.3 is 4.42 Å². The number of hydrogen-bond donors (Lipinski definition) is 2. The van der Waals surface area contributed by atoms with Gasteiger partial charge in [0, 0.05) is 21.7 Å². The first-order valence-corrected chi connectivity index (χ1v) is 12.5. The van der Waals surface area contributed by atoms with E-state index in [1.807, 2.05) is 37.4 Å². The molecular weight excluding hydrogens is 460 g/mol. The summed E-state index contributed by atoms with van der Waals surface area (Å²) in [4.78, 5) is 13.8. The van der Waals surface area contributed by atoms with E-state index in [1.165, 1.54) is 18.2 Å². The minimum absolute atomic E-state index is 0.0600. The number of amides is 1. The fourth-order valence-corrected chi connectivity index (χ4v) is 4.48. The average Bonchev–Trinajstić information content (AvgIpc) is 3.28. The quantitative estimate of drug-likeness (QED) is 0.365. The molecule has 3 aromatic carbocycles. The Labute approximate surface area is 195 Å². The number of carbonyl (C=O) groups excluding carboxylic acids is 1. The molecule has 0 saturated heterocycles. The third kappa shape index (κ3) is 5.41. The van der Waals surface area contributed by atoms with Crippen molar-refractivity contribution in [3.8, 4) is 11.5 Å². The van der Waals surface area contributed by atoms with Gasteiger partial charge >= 0.3 is 6.01 Å². The Balaban J connectivity index is 1.48. The highest BCUT2D eigenvalue weighted by Crippen LogP contribution is 2.25. The number of nitrogens with one attached hydrogen (secondary N) is 2. The Bertz CT molecular complexity index is 1400. The zero-order valence-electron chi connectivity index (χ0n) is 17.8. The van der Waals surface area contributed by atoms with E-state index in [-0.39, 0.29) is 28.1 Å². The summed E-state index contributed by atoms with van der Waals surface area (Å²) in [6.07, 6.45) is 1.97. The Morgan fingerprint density at radius 2 is 1.73 bits per heavy atom. The van der Waals surface area contributed by atoms with Crippen LogP contribution in [0.25, 0.3) is 11.5 Å². The number of benzene rings is 3. The second-order valence-electron chi connectivity index (χ2n) is 7.10. The fraction of sp³-hybridized carbons (Fsp3) is 0.0870. The molecule has 0 atom stereocenters. The van der Waals surface area contributed by atoms with E-state index < -0.39 is 15.9 Å². The van der Waals surface area contributed by atoms with Crippen LogP contribution in [-0.2, 0) is 10.0 Å². The lowest BCUT2D eigenvalue weighted by Crippen LogP contribution is -2.15. The number of anilines is 2. The van der Waals surface area contributed by atoms with Gasteiger partial charge in [-0.25, -0.2) is 8.42 Å². The summed E-state index contributed by atoms with van der Waals surface area (Å²) in [5, 5.41) is 10.4. The monoisotopic (exact) mass is 480 g/mol. The van der Waals surface area contributed by atoms with Crippen LogP contribution in [0, 0.1) is 6.92 Å². The zero-order chi connectivity index (χ0) is 23.4. The molecule has 0 saturated carbocycles. The number of aromatic nitrogens is 2. The maximum atomic E-state index is 12.7. The Morgan fingerprint density at radius 3 is 2.48 bits per heavy atom. The van der Waals surface area contributed by atoms with Gasteiger partial charge in [0.15, 0.2) is 0 Å². The number of rotatable bonds is 7. The molecule has 33 heavy (non-hydrogen) atoms. The third-order valence-corrected chi connectivity index (χ3v) is 6.79. The molecule has 2 N–H and O–H groups in total. The standard InChI is InChI=1S/C23H20N4O4S2/c1-15-9-11-20(12-10-15)33(29,30)27-18-7-3-5-16(13-18)21(28)24-23-26-25-22(31-23)17-6-4-8-19(14-17)32-2/h3-14,27H,1-2H3,(H,24,26,28). The predicted octanol–water partition coefficient (Wildman–Crippen LogP) is 4.82. The second kappa shape index (κ2) is 9.47. The minimum Gasteiger partial charge on any atom is -0.403 e. The van der Waals surface area contributed by atoms with Crippen LogP contribution in [-0.4, -0.2) is 30.8 Å². The molecule has 0 aliphatic heterocycles. The first-order valence-electron chi connectivity index (χ1n) is 9.83. The van der Waals surface area contributed by atoms with Gasteiger partial charge in [-0.2, -0.15) is 0 Å². The van der Waals surface area contributed by atoms with E-state index in [0.717, 1.165) is 16.0 Å². The summed E-state index contributed by atoms with van der Waals surface area (Å²) in [5.41, 5.74) is 2.17. The highest BCUT2D eigenvalue weighted by Gasteiger charge is 2.17. The van der Waals surface area contributed by atoms with Gasteiger partial charge in [-0.1, -0.05) is 34.9 Å². The molecule has 4 aromatic rings. The van der Waals surface area contributed by atoms with Gasteiger partial charge in [-0.3, -0.25) is 14.8 Å². The molecule has 8 nitrogen and oxygen atoms in total. The first-order chi connectivity index (χ1) is 15.8. The Morgan fingerprint density at radius 1 is 0.970 bits per heavy atom. The maximum absolute atomic E-state index is 12.7. The van der Waals surface area contributed by atoms with E-state index in [0.29, 0.717) is 0 Å². The molecule has 0 spiro atoms. The van der Waals surface area contributed by atoms with Gasteiger partial charge in [0.1, 0.15) is 0 Å². The van der Waals surface area contributed by atoms with Crippen molar-refractivity contribution in [1.29, 1.82) is 0 Å². The average molecular weight is 481 g/mol. The molecule has 0 fully saturated rings. The van der Waals surface area contributed by atoms with E-state index in [1.54, 1.807) is 42.1 Å². The number of carbonyl (C=O) groups is 1. The van der Waals surface area contributed by atoms with Gasteiger partial charge in [0.05, 0.1) is 4.90 Å². The van der Waals surface area contributed by atoms with Crippen LogP contribution in [0.1, 0.15) is 15.9 Å². The van der Waals surface area contributed by atoms with Crippen LogP contribution in [0.2, 0.25) is 0 Å². The van der Waals surface area contributed by atoms with Crippen molar-refractivity contribution < 1.29 is 17.6 Å². The lowest BCUT2D eigenvalue weighted by molar-refractivity contribution is 0.102. The minimum atomic E-state index is -3.79. The smallest absolute Gasteiger partial charge is 0.322 e. The van der Waals surface area contributed by atoms with Crippen molar-refractivity contribution in [2.24, 2.45) is 0 Å². The largest absolute Gasteiger partial charge is 0.403 e. The van der Waals surface area contributed by atoms with Crippen LogP contribution in [0.4, 0.5) is 11.7 Å². The van der Waals surface area contributed by atoms with E-state index in [4.69, 9.17) is 4.42 Å². The van der Waals surface area contributed by atoms with Gasteiger partial charge in [-0.15, -0.1) is 16.9 Å². The van der Waals surface area contributed by atoms with E-state index in [2.05, 4.69) is 20.2 Å². The van der Waals surface area contributed by atoms with Crippen LogP contribution < -0.4 is 10.0 Å². The highest BCUT2D eigenvalue weighted by atomic mass is 32.2. The molecular formula is C23H20N4O4S2. The van der Waals surface area contributed by atoms with Crippen LogP contribution >= 0.6 is 11.8 Å².